The van der Waals surface area contributed by atoms with Crippen molar-refractivity contribution in [1.29, 1.82) is 0 Å². The number of ether oxygens (including phenoxy) is 2. The average molecular weight is 457 g/mol. The maximum absolute atomic E-state index is 13.2. The molecule has 3 rings (SSSR count). The van der Waals surface area contributed by atoms with Gasteiger partial charge in [-0.1, -0.05) is 12.1 Å². The van der Waals surface area contributed by atoms with Crippen molar-refractivity contribution in [3.8, 4) is 22.8 Å². The molecule has 0 fully saturated rings. The molecule has 11 heteroatoms. The van der Waals surface area contributed by atoms with Gasteiger partial charge in [0, 0.05) is 30.1 Å². The first-order valence-electron chi connectivity index (χ1n) is 9.09. The van der Waals surface area contributed by atoms with Crippen molar-refractivity contribution >= 4 is 5.82 Å². The van der Waals surface area contributed by atoms with Gasteiger partial charge in [-0.15, -0.1) is 0 Å². The van der Waals surface area contributed by atoms with Gasteiger partial charge in [0.2, 0.25) is 0 Å². The van der Waals surface area contributed by atoms with Crippen LogP contribution in [0.25, 0.3) is 11.3 Å². The van der Waals surface area contributed by atoms with Gasteiger partial charge in [0.15, 0.2) is 17.3 Å². The van der Waals surface area contributed by atoms with E-state index in [9.17, 15) is 26.3 Å². The number of methoxy groups -OCH3 is 2. The lowest BCUT2D eigenvalue weighted by molar-refractivity contribution is -0.143. The number of hydrogen-bond acceptors (Lipinski definition) is 5. The van der Waals surface area contributed by atoms with Gasteiger partial charge < -0.3 is 14.8 Å². The summed E-state index contributed by atoms with van der Waals surface area (Å²) in [5.74, 6) is 0.884. The zero-order chi connectivity index (χ0) is 23.5. The molecule has 0 saturated heterocycles. The molecule has 0 aliphatic heterocycles. The molecular weight excluding hydrogens is 440 g/mol. The first-order valence-corrected chi connectivity index (χ1v) is 9.09. The molecule has 0 amide bonds. The minimum Gasteiger partial charge on any atom is -0.493 e. The third kappa shape index (κ3) is 5.04. The van der Waals surface area contributed by atoms with Crippen molar-refractivity contribution in [2.75, 3.05) is 19.5 Å². The molecule has 0 bridgehead atoms. The van der Waals surface area contributed by atoms with E-state index in [2.05, 4.69) is 15.3 Å². The smallest absolute Gasteiger partial charge is 0.416 e. The molecule has 2 aromatic carbocycles. The molecule has 1 N–H and O–H groups in total. The minimum absolute atomic E-state index is 0.00446. The Labute approximate surface area is 179 Å². The second-order valence-electron chi connectivity index (χ2n) is 6.55. The van der Waals surface area contributed by atoms with E-state index in [0.29, 0.717) is 29.2 Å². The Morgan fingerprint density at radius 3 is 2.03 bits per heavy atom. The molecular formula is C21H17F6N3O2. The fourth-order valence-electron chi connectivity index (χ4n) is 3.04. The molecule has 0 spiro atoms. The first kappa shape index (κ1) is 23.2. The quantitative estimate of drug-likeness (QED) is 0.474. The van der Waals surface area contributed by atoms with E-state index in [1.807, 2.05) is 0 Å². The highest BCUT2D eigenvalue weighted by Crippen LogP contribution is 2.39. The molecule has 170 valence electrons. The van der Waals surface area contributed by atoms with Gasteiger partial charge in [-0.2, -0.15) is 26.3 Å². The van der Waals surface area contributed by atoms with Crippen LogP contribution in [-0.2, 0) is 18.9 Å². The van der Waals surface area contributed by atoms with Crippen molar-refractivity contribution in [3.63, 3.8) is 0 Å². The van der Waals surface area contributed by atoms with E-state index < -0.39 is 23.5 Å². The number of anilines is 1. The van der Waals surface area contributed by atoms with Crippen LogP contribution in [0, 0.1) is 0 Å². The SMILES string of the molecule is COc1cccc(CNc2nccnc2-c2cc(C(F)(F)F)cc(C(F)(F)F)c2)c1OC. The molecule has 5 nitrogen and oxygen atoms in total. The van der Waals surface area contributed by atoms with Crippen LogP contribution in [0.15, 0.2) is 48.8 Å². The molecule has 1 heterocycles. The van der Waals surface area contributed by atoms with Crippen LogP contribution in [0.4, 0.5) is 32.2 Å². The van der Waals surface area contributed by atoms with E-state index in [1.165, 1.54) is 26.6 Å². The largest absolute Gasteiger partial charge is 0.493 e. The molecule has 0 radical (unpaired) electrons. The maximum Gasteiger partial charge on any atom is 0.416 e. The van der Waals surface area contributed by atoms with Crippen molar-refractivity contribution < 1.29 is 35.8 Å². The number of nitrogens with zero attached hydrogens (tertiary/aromatic N) is 2. The van der Waals surface area contributed by atoms with Gasteiger partial charge in [-0.05, 0) is 24.3 Å². The lowest BCUT2D eigenvalue weighted by atomic mass is 10.0. The van der Waals surface area contributed by atoms with E-state index in [-0.39, 0.29) is 29.7 Å². The standard InChI is InChI=1S/C21H17F6N3O2/c1-31-16-5-3-4-12(18(16)32-2)11-30-19-17(28-6-7-29-19)13-8-14(20(22,23)24)10-15(9-13)21(25,26)27/h3-10H,11H2,1-2H3,(H,29,30). The summed E-state index contributed by atoms with van der Waals surface area (Å²) in [5.41, 5.74) is -2.78. The zero-order valence-electron chi connectivity index (χ0n) is 16.8. The summed E-state index contributed by atoms with van der Waals surface area (Å²) in [4.78, 5) is 8.01. The molecule has 32 heavy (non-hydrogen) atoms. The Balaban J connectivity index is 2.03. The third-order valence-electron chi connectivity index (χ3n) is 4.49. The van der Waals surface area contributed by atoms with Crippen LogP contribution >= 0.6 is 0 Å². The number of halogens is 6. The van der Waals surface area contributed by atoms with E-state index >= 15 is 0 Å². The molecule has 3 aromatic rings. The number of nitrogens with one attached hydrogen (secondary N) is 1. The van der Waals surface area contributed by atoms with Crippen LogP contribution in [-0.4, -0.2) is 24.2 Å². The number of alkyl halides is 6. The van der Waals surface area contributed by atoms with Crippen LogP contribution < -0.4 is 14.8 Å². The van der Waals surface area contributed by atoms with E-state index in [4.69, 9.17) is 9.47 Å². The second kappa shape index (κ2) is 8.93. The summed E-state index contributed by atoms with van der Waals surface area (Å²) in [7, 11) is 2.90. The van der Waals surface area contributed by atoms with Crippen LogP contribution in [0.2, 0.25) is 0 Å². The van der Waals surface area contributed by atoms with Gasteiger partial charge in [-0.25, -0.2) is 4.98 Å². The normalized spacial score (nSPS) is 11.9. The van der Waals surface area contributed by atoms with Crippen molar-refractivity contribution in [2.24, 2.45) is 0 Å². The highest BCUT2D eigenvalue weighted by molar-refractivity contribution is 5.72. The molecule has 0 saturated carbocycles. The minimum atomic E-state index is -4.97. The van der Waals surface area contributed by atoms with Gasteiger partial charge in [0.1, 0.15) is 5.69 Å². The number of aromatic nitrogens is 2. The Bertz CT molecular complexity index is 1070. The van der Waals surface area contributed by atoms with Gasteiger partial charge in [-0.3, -0.25) is 4.98 Å². The van der Waals surface area contributed by atoms with Crippen molar-refractivity contribution in [1.82, 2.24) is 9.97 Å². The Morgan fingerprint density at radius 1 is 0.844 bits per heavy atom. The summed E-state index contributed by atoms with van der Waals surface area (Å²) >= 11 is 0. The van der Waals surface area contributed by atoms with Crippen molar-refractivity contribution in [3.05, 3.63) is 65.5 Å². The van der Waals surface area contributed by atoms with Crippen LogP contribution in [0.3, 0.4) is 0 Å². The van der Waals surface area contributed by atoms with Crippen LogP contribution in [0.1, 0.15) is 16.7 Å². The Hall–Kier alpha value is -3.50. The molecule has 1 aromatic heterocycles. The van der Waals surface area contributed by atoms with Crippen molar-refractivity contribution in [2.45, 2.75) is 18.9 Å². The Kier molecular flexibility index (Phi) is 6.47. The summed E-state index contributed by atoms with van der Waals surface area (Å²) in [6.45, 7) is 0.0944. The average Bonchev–Trinajstić information content (AvgIpc) is 2.76. The number of para-hydroxylation sites is 1. The lowest BCUT2D eigenvalue weighted by Crippen LogP contribution is -2.12. The van der Waals surface area contributed by atoms with Gasteiger partial charge in [0.05, 0.1) is 25.3 Å². The summed E-state index contributed by atoms with van der Waals surface area (Å²) in [5, 5.41) is 2.90. The molecule has 0 aliphatic rings. The Morgan fingerprint density at radius 2 is 1.47 bits per heavy atom. The topological polar surface area (TPSA) is 56.3 Å². The van der Waals surface area contributed by atoms with Gasteiger partial charge in [0.25, 0.3) is 0 Å². The summed E-state index contributed by atoms with van der Waals surface area (Å²) < 4.78 is 89.9. The highest BCUT2D eigenvalue weighted by Gasteiger charge is 2.37. The van der Waals surface area contributed by atoms with E-state index in [0.717, 1.165) is 0 Å². The number of hydrogen-bond donors (Lipinski definition) is 1. The lowest BCUT2D eigenvalue weighted by Gasteiger charge is -2.16. The fraction of sp³-hybridized carbons (Fsp3) is 0.238. The number of benzene rings is 2. The molecule has 0 unspecified atom stereocenters. The summed E-state index contributed by atoms with van der Waals surface area (Å²) in [6, 6.07) is 6.38. The molecule has 0 aliphatic carbocycles. The van der Waals surface area contributed by atoms with Crippen LogP contribution in [0.5, 0.6) is 11.5 Å². The molecule has 0 atom stereocenters. The predicted octanol–water partition coefficient (Wildman–Crippen LogP) is 5.81. The number of rotatable bonds is 6. The van der Waals surface area contributed by atoms with E-state index in [1.54, 1.807) is 18.2 Å². The monoisotopic (exact) mass is 457 g/mol. The summed E-state index contributed by atoms with van der Waals surface area (Å²) in [6.07, 6.45) is -7.49. The van der Waals surface area contributed by atoms with Gasteiger partial charge >= 0.3 is 12.4 Å². The highest BCUT2D eigenvalue weighted by atomic mass is 19.4. The maximum atomic E-state index is 13.2. The fourth-order valence-corrected chi connectivity index (χ4v) is 3.04. The first-order chi connectivity index (χ1) is 15.0. The third-order valence-corrected chi connectivity index (χ3v) is 4.49. The second-order valence-corrected chi connectivity index (χ2v) is 6.55. The predicted molar refractivity (Wildman–Crippen MR) is 104 cm³/mol. The zero-order valence-corrected chi connectivity index (χ0v) is 16.8.